The molecule has 0 unspecified atom stereocenters. The molecule has 0 saturated heterocycles. The minimum Gasteiger partial charge on any atom is -0.481 e. The van der Waals surface area contributed by atoms with E-state index in [0.29, 0.717) is 11.4 Å². The quantitative estimate of drug-likeness (QED) is 0.684. The van der Waals surface area contributed by atoms with Crippen LogP contribution in [0.5, 0.6) is 17.2 Å². The lowest BCUT2D eigenvalue weighted by molar-refractivity contribution is -0.118. The molecule has 0 aliphatic carbocycles. The van der Waals surface area contributed by atoms with Crippen LogP contribution < -0.4 is 14.8 Å². The van der Waals surface area contributed by atoms with Crippen LogP contribution in [0.4, 0.5) is 10.1 Å². The number of amides is 1. The first-order valence-electron chi connectivity index (χ1n) is 8.12. The monoisotopic (exact) mass is 351 g/mol. The summed E-state index contributed by atoms with van der Waals surface area (Å²) in [4.78, 5) is 11.9. The molecule has 132 valence electrons. The van der Waals surface area contributed by atoms with Crippen molar-refractivity contribution in [3.05, 3.63) is 84.2 Å². The number of rotatable bonds is 6. The van der Waals surface area contributed by atoms with E-state index in [9.17, 15) is 9.18 Å². The van der Waals surface area contributed by atoms with Gasteiger partial charge >= 0.3 is 0 Å². The van der Waals surface area contributed by atoms with Crippen LogP contribution in [-0.2, 0) is 4.79 Å². The van der Waals surface area contributed by atoms with E-state index in [1.54, 1.807) is 36.4 Å². The highest BCUT2D eigenvalue weighted by atomic mass is 19.1. The number of anilines is 1. The number of para-hydroxylation sites is 1. The molecule has 3 aromatic rings. The Morgan fingerprint density at radius 2 is 1.54 bits per heavy atom. The number of nitrogens with one attached hydrogen (secondary N) is 1. The average Bonchev–Trinajstić information content (AvgIpc) is 2.64. The highest BCUT2D eigenvalue weighted by Gasteiger charge is 2.07. The minimum atomic E-state index is -0.502. The lowest BCUT2D eigenvalue weighted by Crippen LogP contribution is -2.20. The molecule has 5 heteroatoms. The van der Waals surface area contributed by atoms with Crippen LogP contribution in [0.3, 0.4) is 0 Å². The highest BCUT2D eigenvalue weighted by molar-refractivity contribution is 5.91. The summed E-state index contributed by atoms with van der Waals surface area (Å²) in [5, 5.41) is 2.69. The summed E-state index contributed by atoms with van der Waals surface area (Å²) in [7, 11) is 0. The van der Waals surface area contributed by atoms with Crippen LogP contribution in [-0.4, -0.2) is 12.5 Å². The lowest BCUT2D eigenvalue weighted by atomic mass is 10.2. The Morgan fingerprint density at radius 1 is 0.923 bits per heavy atom. The van der Waals surface area contributed by atoms with Crippen LogP contribution in [0.1, 0.15) is 5.56 Å². The van der Waals surface area contributed by atoms with Crippen molar-refractivity contribution in [2.45, 2.75) is 6.92 Å². The first-order valence-corrected chi connectivity index (χ1v) is 8.12. The van der Waals surface area contributed by atoms with Gasteiger partial charge in [0, 0.05) is 5.69 Å². The molecule has 1 amide bonds. The molecule has 3 rings (SSSR count). The number of carbonyl (C=O) groups is 1. The van der Waals surface area contributed by atoms with Gasteiger partial charge < -0.3 is 14.8 Å². The summed E-state index contributed by atoms with van der Waals surface area (Å²) in [6.07, 6.45) is 0. The zero-order valence-electron chi connectivity index (χ0n) is 14.2. The number of hydrogen-bond donors (Lipinski definition) is 1. The molecular formula is C21H18FNO3. The molecule has 0 spiro atoms. The van der Waals surface area contributed by atoms with Gasteiger partial charge in [-0.25, -0.2) is 4.39 Å². The van der Waals surface area contributed by atoms with Crippen molar-refractivity contribution < 1.29 is 18.7 Å². The van der Waals surface area contributed by atoms with E-state index in [-0.39, 0.29) is 18.3 Å². The Labute approximate surface area is 151 Å². The minimum absolute atomic E-state index is 0.0458. The molecular weight excluding hydrogens is 333 g/mol. The number of hydrogen-bond acceptors (Lipinski definition) is 3. The first-order chi connectivity index (χ1) is 12.6. The molecule has 1 N–H and O–H groups in total. The Kier molecular flexibility index (Phi) is 5.49. The number of ether oxygens (including phenoxy) is 2. The summed E-state index contributed by atoms with van der Waals surface area (Å²) in [6.45, 7) is 1.74. The Hall–Kier alpha value is -3.34. The van der Waals surface area contributed by atoms with Gasteiger partial charge in [-0.1, -0.05) is 29.8 Å². The second-order valence-corrected chi connectivity index (χ2v) is 5.71. The molecule has 0 bridgehead atoms. The van der Waals surface area contributed by atoms with E-state index in [0.717, 1.165) is 11.3 Å². The van der Waals surface area contributed by atoms with E-state index in [4.69, 9.17) is 9.47 Å². The zero-order valence-corrected chi connectivity index (χ0v) is 14.2. The summed E-state index contributed by atoms with van der Waals surface area (Å²) in [5.74, 6) is 0.572. The predicted molar refractivity (Wildman–Crippen MR) is 98.2 cm³/mol. The van der Waals surface area contributed by atoms with Gasteiger partial charge in [-0.15, -0.1) is 0 Å². The third-order valence-corrected chi connectivity index (χ3v) is 3.59. The smallest absolute Gasteiger partial charge is 0.262 e. The van der Waals surface area contributed by atoms with Crippen molar-refractivity contribution >= 4 is 11.6 Å². The van der Waals surface area contributed by atoms with Crippen LogP contribution >= 0.6 is 0 Å². The molecule has 0 aliphatic heterocycles. The topological polar surface area (TPSA) is 47.6 Å². The van der Waals surface area contributed by atoms with Gasteiger partial charge in [0.1, 0.15) is 11.5 Å². The molecule has 0 heterocycles. The normalized spacial score (nSPS) is 10.2. The van der Waals surface area contributed by atoms with Crippen molar-refractivity contribution in [3.8, 4) is 17.2 Å². The fourth-order valence-electron chi connectivity index (χ4n) is 2.25. The van der Waals surface area contributed by atoms with Crippen LogP contribution in [0.25, 0.3) is 0 Å². The molecule has 0 aromatic heterocycles. The molecule has 0 aliphatic rings. The van der Waals surface area contributed by atoms with Crippen molar-refractivity contribution in [2.75, 3.05) is 11.9 Å². The number of aryl methyl sites for hydroxylation is 1. The SMILES string of the molecule is Cc1ccc(Oc2ccc(NC(=O)COc3ccccc3F)cc2)cc1. The second kappa shape index (κ2) is 8.16. The maximum Gasteiger partial charge on any atom is 0.262 e. The number of benzene rings is 3. The molecule has 26 heavy (non-hydrogen) atoms. The number of halogens is 1. The lowest BCUT2D eigenvalue weighted by Gasteiger charge is -2.09. The van der Waals surface area contributed by atoms with E-state index >= 15 is 0 Å². The maximum atomic E-state index is 13.4. The third-order valence-electron chi connectivity index (χ3n) is 3.59. The standard InChI is InChI=1S/C21H18FNO3/c1-15-6-10-17(11-7-15)26-18-12-8-16(9-13-18)23-21(24)14-25-20-5-3-2-4-19(20)22/h2-13H,14H2,1H3,(H,23,24). The predicted octanol–water partition coefficient (Wildman–Crippen LogP) is 4.94. The van der Waals surface area contributed by atoms with Crippen molar-refractivity contribution in [1.82, 2.24) is 0 Å². The van der Waals surface area contributed by atoms with E-state index in [1.807, 2.05) is 31.2 Å². The Morgan fingerprint density at radius 3 is 2.19 bits per heavy atom. The first kappa shape index (κ1) is 17.5. The van der Waals surface area contributed by atoms with E-state index in [2.05, 4.69) is 5.32 Å². The molecule has 0 saturated carbocycles. The van der Waals surface area contributed by atoms with Gasteiger partial charge in [0.15, 0.2) is 18.2 Å². The van der Waals surface area contributed by atoms with Gasteiger partial charge in [-0.3, -0.25) is 4.79 Å². The van der Waals surface area contributed by atoms with E-state index < -0.39 is 5.82 Å². The van der Waals surface area contributed by atoms with Gasteiger partial charge in [-0.2, -0.15) is 0 Å². The third kappa shape index (κ3) is 4.83. The van der Waals surface area contributed by atoms with Crippen LogP contribution in [0.2, 0.25) is 0 Å². The summed E-state index contributed by atoms with van der Waals surface area (Å²) >= 11 is 0. The van der Waals surface area contributed by atoms with Crippen LogP contribution in [0.15, 0.2) is 72.8 Å². The fraction of sp³-hybridized carbons (Fsp3) is 0.0952. The summed E-state index contributed by atoms with van der Waals surface area (Å²) in [5.41, 5.74) is 1.76. The molecule has 4 nitrogen and oxygen atoms in total. The Balaban J connectivity index is 1.52. The Bertz CT molecular complexity index is 877. The molecule has 3 aromatic carbocycles. The molecule has 0 radical (unpaired) electrons. The zero-order chi connectivity index (χ0) is 18.4. The molecule has 0 fully saturated rings. The fourth-order valence-corrected chi connectivity index (χ4v) is 2.25. The highest BCUT2D eigenvalue weighted by Crippen LogP contribution is 2.23. The summed E-state index contributed by atoms with van der Waals surface area (Å²) < 4.78 is 24.3. The van der Waals surface area contributed by atoms with Crippen molar-refractivity contribution in [2.24, 2.45) is 0 Å². The summed E-state index contributed by atoms with van der Waals surface area (Å²) in [6, 6.07) is 20.6. The second-order valence-electron chi connectivity index (χ2n) is 5.71. The molecule has 0 atom stereocenters. The van der Waals surface area contributed by atoms with Gasteiger partial charge in [0.2, 0.25) is 0 Å². The number of carbonyl (C=O) groups excluding carboxylic acids is 1. The van der Waals surface area contributed by atoms with Gasteiger partial charge in [-0.05, 0) is 55.5 Å². The van der Waals surface area contributed by atoms with Gasteiger partial charge in [0.25, 0.3) is 5.91 Å². The van der Waals surface area contributed by atoms with E-state index in [1.165, 1.54) is 12.1 Å². The maximum absolute atomic E-state index is 13.4. The van der Waals surface area contributed by atoms with Crippen molar-refractivity contribution in [1.29, 1.82) is 0 Å². The average molecular weight is 351 g/mol. The van der Waals surface area contributed by atoms with Crippen LogP contribution in [0, 0.1) is 12.7 Å². The largest absolute Gasteiger partial charge is 0.481 e. The van der Waals surface area contributed by atoms with Gasteiger partial charge in [0.05, 0.1) is 0 Å². The van der Waals surface area contributed by atoms with Crippen molar-refractivity contribution in [3.63, 3.8) is 0 Å².